The van der Waals surface area contributed by atoms with Crippen LogP contribution in [0.2, 0.25) is 0 Å². The van der Waals surface area contributed by atoms with Gasteiger partial charge in [-0.1, -0.05) is 19.4 Å². The standard InChI is InChI=1S/C13H18S/c1-2-3-6-11-7-4-5-8-13-12(11)9-10-14-13/h6,9-10H,2-5,7-8H2,1H3. The maximum Gasteiger partial charge on any atom is 0.0120 e. The van der Waals surface area contributed by atoms with E-state index < -0.39 is 0 Å². The molecule has 0 nitrogen and oxygen atoms in total. The summed E-state index contributed by atoms with van der Waals surface area (Å²) in [5, 5.41) is 2.25. The Bertz CT molecular complexity index is 320. The Labute approximate surface area is 90.7 Å². The summed E-state index contributed by atoms with van der Waals surface area (Å²) in [5.74, 6) is 0. The summed E-state index contributed by atoms with van der Waals surface area (Å²) >= 11 is 1.94. The van der Waals surface area contributed by atoms with Gasteiger partial charge >= 0.3 is 0 Å². The number of rotatable bonds is 2. The van der Waals surface area contributed by atoms with Crippen molar-refractivity contribution in [2.24, 2.45) is 0 Å². The monoisotopic (exact) mass is 206 g/mol. The minimum Gasteiger partial charge on any atom is -0.148 e. The lowest BCUT2D eigenvalue weighted by Gasteiger charge is -2.03. The van der Waals surface area contributed by atoms with Gasteiger partial charge < -0.3 is 0 Å². The third kappa shape index (κ3) is 2.09. The summed E-state index contributed by atoms with van der Waals surface area (Å²) in [6.07, 6.45) is 10.3. The van der Waals surface area contributed by atoms with Crippen LogP contribution in [0.25, 0.3) is 5.57 Å². The van der Waals surface area contributed by atoms with Crippen molar-refractivity contribution in [2.75, 3.05) is 0 Å². The van der Waals surface area contributed by atoms with E-state index in [4.69, 9.17) is 0 Å². The van der Waals surface area contributed by atoms with Gasteiger partial charge in [-0.25, -0.2) is 0 Å². The van der Waals surface area contributed by atoms with Crippen molar-refractivity contribution in [1.29, 1.82) is 0 Å². The van der Waals surface area contributed by atoms with E-state index in [-0.39, 0.29) is 0 Å². The highest BCUT2D eigenvalue weighted by atomic mass is 32.1. The summed E-state index contributed by atoms with van der Waals surface area (Å²) in [6, 6.07) is 2.31. The summed E-state index contributed by atoms with van der Waals surface area (Å²) in [7, 11) is 0. The summed E-state index contributed by atoms with van der Waals surface area (Å²) in [5.41, 5.74) is 3.17. The summed E-state index contributed by atoms with van der Waals surface area (Å²) < 4.78 is 0. The van der Waals surface area contributed by atoms with Crippen molar-refractivity contribution in [3.8, 4) is 0 Å². The molecule has 1 aliphatic carbocycles. The van der Waals surface area contributed by atoms with E-state index in [1.807, 2.05) is 11.3 Å². The van der Waals surface area contributed by atoms with Gasteiger partial charge in [0.15, 0.2) is 0 Å². The second kappa shape index (κ2) is 4.79. The van der Waals surface area contributed by atoms with Gasteiger partial charge in [0.2, 0.25) is 0 Å². The molecule has 0 aliphatic heterocycles. The molecule has 0 saturated carbocycles. The fourth-order valence-corrected chi connectivity index (χ4v) is 3.04. The Morgan fingerprint density at radius 1 is 1.36 bits per heavy atom. The largest absolute Gasteiger partial charge is 0.148 e. The van der Waals surface area contributed by atoms with Crippen LogP contribution in [0.3, 0.4) is 0 Å². The highest BCUT2D eigenvalue weighted by Gasteiger charge is 2.12. The molecule has 0 aromatic carbocycles. The van der Waals surface area contributed by atoms with Crippen molar-refractivity contribution in [2.45, 2.75) is 45.4 Å². The number of hydrogen-bond acceptors (Lipinski definition) is 1. The highest BCUT2D eigenvalue weighted by molar-refractivity contribution is 7.10. The maximum absolute atomic E-state index is 2.46. The SMILES string of the molecule is CCCC=C1CCCCc2sccc21. The molecule has 0 atom stereocenters. The first-order valence-electron chi connectivity index (χ1n) is 5.67. The Balaban J connectivity index is 2.26. The van der Waals surface area contributed by atoms with Crippen LogP contribution < -0.4 is 0 Å². The topological polar surface area (TPSA) is 0 Å². The third-order valence-corrected chi connectivity index (χ3v) is 3.85. The molecule has 0 saturated heterocycles. The average molecular weight is 206 g/mol. The fraction of sp³-hybridized carbons (Fsp3) is 0.538. The maximum atomic E-state index is 2.46. The van der Waals surface area contributed by atoms with Crippen molar-refractivity contribution >= 4 is 16.9 Å². The Kier molecular flexibility index (Phi) is 3.41. The Morgan fingerprint density at radius 3 is 3.07 bits per heavy atom. The molecule has 76 valence electrons. The highest BCUT2D eigenvalue weighted by Crippen LogP contribution is 2.33. The molecule has 1 heterocycles. The first kappa shape index (κ1) is 9.97. The van der Waals surface area contributed by atoms with E-state index in [9.17, 15) is 0 Å². The number of thiophene rings is 1. The molecule has 1 heteroatoms. The van der Waals surface area contributed by atoms with Crippen molar-refractivity contribution in [3.05, 3.63) is 28.0 Å². The Hall–Kier alpha value is -0.560. The summed E-state index contributed by atoms with van der Waals surface area (Å²) in [4.78, 5) is 1.62. The molecule has 0 unspecified atom stereocenters. The molecule has 0 bridgehead atoms. The number of fused-ring (bicyclic) bond motifs is 1. The first-order valence-corrected chi connectivity index (χ1v) is 6.55. The van der Waals surface area contributed by atoms with Crippen LogP contribution in [0.1, 0.15) is 49.5 Å². The van der Waals surface area contributed by atoms with E-state index in [1.165, 1.54) is 38.5 Å². The molecule has 0 N–H and O–H groups in total. The van der Waals surface area contributed by atoms with Gasteiger partial charge in [0.05, 0.1) is 0 Å². The van der Waals surface area contributed by atoms with E-state index in [0.717, 1.165) is 0 Å². The van der Waals surface area contributed by atoms with Gasteiger partial charge in [-0.05, 0) is 54.7 Å². The molecule has 1 aliphatic rings. The average Bonchev–Trinajstić information content (AvgIpc) is 2.58. The number of unbranched alkanes of at least 4 members (excludes halogenated alkanes) is 1. The lowest BCUT2D eigenvalue weighted by Crippen LogP contribution is -1.82. The molecule has 1 aromatic heterocycles. The molecule has 1 aromatic rings. The van der Waals surface area contributed by atoms with Gasteiger partial charge in [0, 0.05) is 4.88 Å². The molecule has 14 heavy (non-hydrogen) atoms. The molecule has 0 radical (unpaired) electrons. The van der Waals surface area contributed by atoms with Gasteiger partial charge in [0.25, 0.3) is 0 Å². The van der Waals surface area contributed by atoms with Crippen LogP contribution in [0.4, 0.5) is 0 Å². The smallest absolute Gasteiger partial charge is 0.0120 e. The van der Waals surface area contributed by atoms with Crippen LogP contribution in [-0.2, 0) is 6.42 Å². The Morgan fingerprint density at radius 2 is 2.21 bits per heavy atom. The zero-order valence-electron chi connectivity index (χ0n) is 8.88. The van der Waals surface area contributed by atoms with Crippen LogP contribution in [0.5, 0.6) is 0 Å². The van der Waals surface area contributed by atoms with Crippen LogP contribution in [0, 0.1) is 0 Å². The minimum absolute atomic E-state index is 1.24. The zero-order chi connectivity index (χ0) is 9.80. The molecule has 0 spiro atoms. The van der Waals surface area contributed by atoms with Crippen molar-refractivity contribution < 1.29 is 0 Å². The number of hydrogen-bond donors (Lipinski definition) is 0. The van der Waals surface area contributed by atoms with Gasteiger partial charge in [-0.15, -0.1) is 11.3 Å². The second-order valence-electron chi connectivity index (χ2n) is 3.98. The van der Waals surface area contributed by atoms with Gasteiger partial charge in [-0.2, -0.15) is 0 Å². The van der Waals surface area contributed by atoms with E-state index in [1.54, 1.807) is 16.0 Å². The normalized spacial score (nSPS) is 19.4. The molecule has 2 rings (SSSR count). The van der Waals surface area contributed by atoms with E-state index in [0.29, 0.717) is 0 Å². The van der Waals surface area contributed by atoms with E-state index in [2.05, 4.69) is 24.4 Å². The lowest BCUT2D eigenvalue weighted by molar-refractivity contribution is 0.775. The molecular weight excluding hydrogens is 188 g/mol. The second-order valence-corrected chi connectivity index (χ2v) is 4.98. The lowest BCUT2D eigenvalue weighted by atomic mass is 10.0. The zero-order valence-corrected chi connectivity index (χ0v) is 9.70. The minimum atomic E-state index is 1.24. The van der Waals surface area contributed by atoms with Gasteiger partial charge in [0.1, 0.15) is 0 Å². The predicted octanol–water partition coefficient (Wildman–Crippen LogP) is 4.66. The van der Waals surface area contributed by atoms with Crippen molar-refractivity contribution in [3.63, 3.8) is 0 Å². The summed E-state index contributed by atoms with van der Waals surface area (Å²) in [6.45, 7) is 2.25. The van der Waals surface area contributed by atoms with Gasteiger partial charge in [-0.3, -0.25) is 0 Å². The quantitative estimate of drug-likeness (QED) is 0.617. The number of aryl methyl sites for hydroxylation is 1. The first-order chi connectivity index (χ1) is 6.92. The van der Waals surface area contributed by atoms with Crippen LogP contribution in [0.15, 0.2) is 17.5 Å². The van der Waals surface area contributed by atoms with Crippen LogP contribution >= 0.6 is 11.3 Å². The fourth-order valence-electron chi connectivity index (χ4n) is 2.09. The van der Waals surface area contributed by atoms with Crippen molar-refractivity contribution in [1.82, 2.24) is 0 Å². The number of allylic oxidation sites excluding steroid dienone is 2. The predicted molar refractivity (Wildman–Crippen MR) is 64.8 cm³/mol. The molecule has 0 amide bonds. The molecular formula is C13H18S. The third-order valence-electron chi connectivity index (χ3n) is 2.87. The molecule has 0 fully saturated rings. The van der Waals surface area contributed by atoms with Crippen LogP contribution in [-0.4, -0.2) is 0 Å². The van der Waals surface area contributed by atoms with E-state index >= 15 is 0 Å².